The van der Waals surface area contributed by atoms with Gasteiger partial charge in [-0.05, 0) is 112 Å². The number of rotatable bonds is 4. The smallest absolute Gasteiger partial charge is 0.241 e. The number of phenols is 1. The van der Waals surface area contributed by atoms with Crippen molar-refractivity contribution >= 4 is 90.1 Å². The number of halogens is 5. The Kier molecular flexibility index (Phi) is 7.85. The van der Waals surface area contributed by atoms with Crippen LogP contribution >= 0.6 is 55.1 Å². The summed E-state index contributed by atoms with van der Waals surface area (Å²) in [5, 5.41) is 11.0. The lowest BCUT2D eigenvalue weighted by Gasteiger charge is -2.49. The zero-order valence-electron chi connectivity index (χ0n) is 24.8. The number of fused-ring (bicyclic) bond motifs is 4. The summed E-state index contributed by atoms with van der Waals surface area (Å²) in [6, 6.07) is 11.7. The van der Waals surface area contributed by atoms with E-state index in [1.165, 1.54) is 24.1 Å². The van der Waals surface area contributed by atoms with Crippen LogP contribution in [0, 0.1) is 34.9 Å². The standard InChI is InChI=1S/C34H25Br2Cl2FN2O6/c1-34-21(31(44)41(33(34)46)16-7-10-23(39)22(38)11-16)12-19-17(26(34)20-13-24(47-2)29(42)28(36)27(20)35)8-9-18-25(19)32(45)40(30(18)43)15-5-3-14(37)4-6-15/h3-8,10-11,13,18-19,21,25-26,42H,9,12H2,1-2H3. The van der Waals surface area contributed by atoms with Gasteiger partial charge in [-0.1, -0.05) is 34.9 Å². The minimum Gasteiger partial charge on any atom is -0.503 e. The van der Waals surface area contributed by atoms with Crippen LogP contribution in [-0.4, -0.2) is 35.8 Å². The first kappa shape index (κ1) is 32.3. The van der Waals surface area contributed by atoms with E-state index in [1.54, 1.807) is 37.3 Å². The molecule has 3 aromatic carbocycles. The van der Waals surface area contributed by atoms with Gasteiger partial charge in [-0.2, -0.15) is 0 Å². The molecule has 2 heterocycles. The molecule has 0 radical (unpaired) electrons. The van der Waals surface area contributed by atoms with Crippen LogP contribution in [0.1, 0.15) is 31.2 Å². The number of amides is 4. The molecule has 2 aliphatic heterocycles. The van der Waals surface area contributed by atoms with Gasteiger partial charge >= 0.3 is 0 Å². The van der Waals surface area contributed by atoms with Gasteiger partial charge in [0, 0.05) is 15.4 Å². The maximum Gasteiger partial charge on any atom is 0.241 e. The van der Waals surface area contributed by atoms with Crippen LogP contribution in [0.3, 0.4) is 0 Å². The van der Waals surface area contributed by atoms with E-state index in [0.29, 0.717) is 20.7 Å². The van der Waals surface area contributed by atoms with Crippen molar-refractivity contribution in [2.75, 3.05) is 16.9 Å². The predicted octanol–water partition coefficient (Wildman–Crippen LogP) is 7.81. The van der Waals surface area contributed by atoms with Crippen molar-refractivity contribution in [2.45, 2.75) is 25.7 Å². The molecule has 1 N–H and O–H groups in total. The molecule has 0 spiro atoms. The Hall–Kier alpha value is -3.25. The molecular weight excluding hydrogens is 782 g/mol. The van der Waals surface area contributed by atoms with Gasteiger partial charge in [0.2, 0.25) is 23.6 Å². The second kappa shape index (κ2) is 11.4. The van der Waals surface area contributed by atoms with Crippen LogP contribution < -0.4 is 14.5 Å². The summed E-state index contributed by atoms with van der Waals surface area (Å²) in [7, 11) is 1.40. The summed E-state index contributed by atoms with van der Waals surface area (Å²) >= 11 is 19.2. The highest BCUT2D eigenvalue weighted by Gasteiger charge is 2.68. The summed E-state index contributed by atoms with van der Waals surface area (Å²) in [6.45, 7) is 1.72. The molecule has 1 saturated carbocycles. The molecular formula is C34H25Br2Cl2FN2O6. The highest BCUT2D eigenvalue weighted by atomic mass is 79.9. The first-order valence-corrected chi connectivity index (χ1v) is 17.1. The van der Waals surface area contributed by atoms with Crippen LogP contribution in [0.2, 0.25) is 10.0 Å². The number of carbonyl (C=O) groups excluding carboxylic acids is 4. The fraction of sp³-hybridized carbons (Fsp3) is 0.294. The molecule has 8 nitrogen and oxygen atoms in total. The molecule has 3 fully saturated rings. The summed E-state index contributed by atoms with van der Waals surface area (Å²) in [6.07, 6.45) is 2.29. The Morgan fingerprint density at radius 1 is 0.915 bits per heavy atom. The van der Waals surface area contributed by atoms with E-state index in [4.69, 9.17) is 27.9 Å². The SMILES string of the molecule is COc1cc(C2C3=CCC4C(=O)N(c5ccc(Cl)cc5)C(=O)C4C3CC3C(=O)N(c4ccc(F)c(Cl)c4)C(=O)C32C)c(Br)c(Br)c1O. The number of imide groups is 2. The molecule has 13 heteroatoms. The van der Waals surface area contributed by atoms with E-state index in [9.17, 15) is 28.7 Å². The van der Waals surface area contributed by atoms with Gasteiger partial charge in [-0.25, -0.2) is 9.29 Å². The molecule has 242 valence electrons. The molecule has 0 bridgehead atoms. The van der Waals surface area contributed by atoms with Crippen molar-refractivity contribution < 1.29 is 33.4 Å². The van der Waals surface area contributed by atoms with Gasteiger partial charge in [0.05, 0.1) is 51.1 Å². The van der Waals surface area contributed by atoms with Gasteiger partial charge in [-0.3, -0.25) is 24.1 Å². The number of allylic oxidation sites excluding steroid dienone is 2. The molecule has 47 heavy (non-hydrogen) atoms. The minimum atomic E-state index is -1.39. The van der Waals surface area contributed by atoms with E-state index >= 15 is 0 Å². The highest BCUT2D eigenvalue weighted by Crippen LogP contribution is 2.65. The van der Waals surface area contributed by atoms with E-state index in [1.807, 2.05) is 6.08 Å². The van der Waals surface area contributed by atoms with E-state index in [2.05, 4.69) is 31.9 Å². The van der Waals surface area contributed by atoms with Crippen LogP contribution in [-0.2, 0) is 19.2 Å². The van der Waals surface area contributed by atoms with E-state index in [-0.39, 0.29) is 51.3 Å². The fourth-order valence-corrected chi connectivity index (χ4v) is 9.31. The summed E-state index contributed by atoms with van der Waals surface area (Å²) in [4.78, 5) is 59.3. The van der Waals surface area contributed by atoms with Crippen molar-refractivity contribution in [3.05, 3.63) is 90.6 Å². The van der Waals surface area contributed by atoms with Gasteiger partial charge in [-0.15, -0.1) is 0 Å². The zero-order valence-corrected chi connectivity index (χ0v) is 29.5. The Morgan fingerprint density at radius 3 is 2.26 bits per heavy atom. The van der Waals surface area contributed by atoms with Crippen molar-refractivity contribution in [1.29, 1.82) is 0 Å². The van der Waals surface area contributed by atoms with Crippen LogP contribution in [0.15, 0.2) is 69.1 Å². The quantitative estimate of drug-likeness (QED) is 0.213. The van der Waals surface area contributed by atoms with Crippen molar-refractivity contribution in [3.63, 3.8) is 0 Å². The van der Waals surface area contributed by atoms with Gasteiger partial charge < -0.3 is 9.84 Å². The third kappa shape index (κ3) is 4.56. The molecule has 2 aliphatic carbocycles. The lowest BCUT2D eigenvalue weighted by Crippen LogP contribution is -2.49. The highest BCUT2D eigenvalue weighted by molar-refractivity contribution is 9.13. The summed E-state index contributed by atoms with van der Waals surface area (Å²) in [5.74, 6) is -6.25. The van der Waals surface area contributed by atoms with Crippen molar-refractivity contribution in [2.24, 2.45) is 29.1 Å². The Morgan fingerprint density at radius 2 is 1.60 bits per heavy atom. The second-order valence-electron chi connectivity index (χ2n) is 12.4. The van der Waals surface area contributed by atoms with Crippen LogP contribution in [0.25, 0.3) is 0 Å². The average molecular weight is 807 g/mol. The van der Waals surface area contributed by atoms with Gasteiger partial charge in [0.25, 0.3) is 0 Å². The molecule has 2 saturated heterocycles. The lowest BCUT2D eigenvalue weighted by molar-refractivity contribution is -0.131. The zero-order chi connectivity index (χ0) is 33.7. The minimum absolute atomic E-state index is 0.123. The molecule has 4 aliphatic rings. The average Bonchev–Trinajstić information content (AvgIpc) is 3.42. The summed E-state index contributed by atoms with van der Waals surface area (Å²) in [5.41, 5.74) is 0.419. The number of ether oxygens (including phenoxy) is 1. The Balaban J connectivity index is 1.41. The Labute approximate surface area is 295 Å². The molecule has 4 amide bonds. The lowest BCUT2D eigenvalue weighted by atomic mass is 9.51. The number of aromatic hydroxyl groups is 1. The third-order valence-electron chi connectivity index (χ3n) is 10.2. The fourth-order valence-electron chi connectivity index (χ4n) is 8.05. The van der Waals surface area contributed by atoms with Crippen LogP contribution in [0.5, 0.6) is 11.5 Å². The summed E-state index contributed by atoms with van der Waals surface area (Å²) < 4.78 is 20.3. The van der Waals surface area contributed by atoms with Gasteiger partial charge in [0.1, 0.15) is 5.82 Å². The van der Waals surface area contributed by atoms with E-state index < -0.39 is 52.6 Å². The van der Waals surface area contributed by atoms with Crippen molar-refractivity contribution in [3.8, 4) is 11.5 Å². The molecule has 6 atom stereocenters. The topological polar surface area (TPSA) is 104 Å². The number of carbonyl (C=O) groups is 4. The number of hydrogen-bond donors (Lipinski definition) is 1. The molecule has 0 aromatic heterocycles. The molecule has 7 rings (SSSR count). The van der Waals surface area contributed by atoms with Crippen molar-refractivity contribution in [1.82, 2.24) is 0 Å². The number of phenolic OH excluding ortho intramolecular Hbond substituents is 1. The number of benzene rings is 3. The maximum atomic E-state index is 14.6. The number of hydrogen-bond acceptors (Lipinski definition) is 6. The predicted molar refractivity (Wildman–Crippen MR) is 180 cm³/mol. The van der Waals surface area contributed by atoms with Crippen LogP contribution in [0.4, 0.5) is 15.8 Å². The first-order valence-electron chi connectivity index (χ1n) is 14.7. The number of nitrogens with zero attached hydrogens (tertiary/aromatic N) is 2. The largest absolute Gasteiger partial charge is 0.503 e. The van der Waals surface area contributed by atoms with E-state index in [0.717, 1.165) is 16.5 Å². The number of anilines is 2. The monoisotopic (exact) mass is 804 g/mol. The Bertz CT molecular complexity index is 1960. The first-order chi connectivity index (χ1) is 22.3. The number of methoxy groups -OCH3 is 1. The molecule has 3 aromatic rings. The normalized spacial score (nSPS) is 28.3. The second-order valence-corrected chi connectivity index (χ2v) is 14.8. The van der Waals surface area contributed by atoms with Gasteiger partial charge in [0.15, 0.2) is 11.5 Å². The maximum absolute atomic E-state index is 14.6. The third-order valence-corrected chi connectivity index (χ3v) is 12.9. The molecule has 6 unspecified atom stereocenters.